The minimum Gasteiger partial charge on any atom is -0.328 e. The number of hydrogen-bond donors (Lipinski definition) is 1. The van der Waals surface area contributed by atoms with Crippen molar-refractivity contribution in [2.45, 2.75) is 68.6 Å². The van der Waals surface area contributed by atoms with Gasteiger partial charge in [0.2, 0.25) is 5.13 Å². The Bertz CT molecular complexity index is 1140. The summed E-state index contributed by atoms with van der Waals surface area (Å²) in [7, 11) is -3.83. The molecule has 10 heteroatoms. The van der Waals surface area contributed by atoms with Crippen molar-refractivity contribution in [2.75, 3.05) is 16.8 Å². The van der Waals surface area contributed by atoms with E-state index < -0.39 is 15.9 Å². The van der Waals surface area contributed by atoms with Crippen LogP contribution in [0.25, 0.3) is 0 Å². The summed E-state index contributed by atoms with van der Waals surface area (Å²) in [5.41, 5.74) is 0.879. The molecule has 3 aliphatic rings. The number of hydrogen-bond acceptors (Lipinski definition) is 7. The number of sulfonamides is 1. The number of aromatic nitrogens is 2. The number of fused-ring (bicyclic) bond motifs is 3. The van der Waals surface area contributed by atoms with E-state index >= 15 is 0 Å². The van der Waals surface area contributed by atoms with Crippen LogP contribution in [-0.4, -0.2) is 36.9 Å². The van der Waals surface area contributed by atoms with E-state index in [-0.39, 0.29) is 10.5 Å². The molecule has 1 N–H and O–H groups in total. The Morgan fingerprint density at radius 3 is 2.71 bits per heavy atom. The third-order valence-corrected chi connectivity index (χ3v) is 8.56. The first-order valence-electron chi connectivity index (χ1n) is 10.9. The molecule has 0 atom stereocenters. The molecule has 5 rings (SSSR count). The molecule has 0 bridgehead atoms. The van der Waals surface area contributed by atoms with Crippen LogP contribution >= 0.6 is 11.3 Å². The van der Waals surface area contributed by atoms with E-state index in [1.807, 2.05) is 4.90 Å². The summed E-state index contributed by atoms with van der Waals surface area (Å²) in [6, 6.07) is 4.81. The minimum atomic E-state index is -3.83. The molecule has 1 aromatic carbocycles. The van der Waals surface area contributed by atoms with E-state index in [0.29, 0.717) is 29.0 Å². The Kier molecular flexibility index (Phi) is 5.51. The van der Waals surface area contributed by atoms with Crippen LogP contribution in [-0.2, 0) is 10.0 Å². The maximum Gasteiger partial charge on any atom is 0.286 e. The lowest BCUT2D eigenvalue weighted by molar-refractivity contribution is 0.102. The third kappa shape index (κ3) is 4.10. The second-order valence-electron chi connectivity index (χ2n) is 8.36. The van der Waals surface area contributed by atoms with Gasteiger partial charge in [0.1, 0.15) is 15.7 Å². The summed E-state index contributed by atoms with van der Waals surface area (Å²) >= 11 is 1.41. The maximum atomic E-state index is 12.8. The van der Waals surface area contributed by atoms with Gasteiger partial charge < -0.3 is 4.90 Å². The topological polar surface area (TPSA) is 105 Å². The number of benzene rings is 1. The highest BCUT2D eigenvalue weighted by Crippen LogP contribution is 2.36. The minimum absolute atomic E-state index is 0.0889. The van der Waals surface area contributed by atoms with Gasteiger partial charge in [-0.3, -0.25) is 10.1 Å². The van der Waals surface area contributed by atoms with Gasteiger partial charge in [-0.25, -0.2) is 0 Å². The van der Waals surface area contributed by atoms with Crippen molar-refractivity contribution in [1.82, 2.24) is 10.2 Å². The van der Waals surface area contributed by atoms with Gasteiger partial charge in [-0.1, -0.05) is 37.0 Å². The number of carbonyl (C=O) groups is 1. The molecule has 2 fully saturated rings. The van der Waals surface area contributed by atoms with Gasteiger partial charge in [0.15, 0.2) is 0 Å². The molecule has 2 aliphatic heterocycles. The first-order valence-corrected chi connectivity index (χ1v) is 13.2. The fraction of sp³-hybridized carbons (Fsp3) is 0.524. The van der Waals surface area contributed by atoms with Crippen molar-refractivity contribution < 1.29 is 13.2 Å². The van der Waals surface area contributed by atoms with Crippen molar-refractivity contribution in [3.05, 3.63) is 28.8 Å². The molecule has 1 aliphatic carbocycles. The van der Waals surface area contributed by atoms with Crippen LogP contribution in [0.15, 0.2) is 27.5 Å². The van der Waals surface area contributed by atoms with E-state index in [1.54, 1.807) is 12.1 Å². The first-order chi connectivity index (χ1) is 15.0. The van der Waals surface area contributed by atoms with Crippen LogP contribution in [0.5, 0.6) is 0 Å². The summed E-state index contributed by atoms with van der Waals surface area (Å²) < 4.78 is 29.6. The van der Waals surface area contributed by atoms with Gasteiger partial charge in [-0.05, 0) is 43.9 Å². The second-order valence-corrected chi connectivity index (χ2v) is 10.9. The summed E-state index contributed by atoms with van der Waals surface area (Å²) in [6.45, 7) is 0.738. The molecule has 2 aromatic rings. The quantitative estimate of drug-likeness (QED) is 0.733. The fourth-order valence-corrected chi connectivity index (χ4v) is 6.78. The highest BCUT2D eigenvalue weighted by molar-refractivity contribution is 7.90. The molecule has 0 spiro atoms. The molecular weight excluding hydrogens is 434 g/mol. The van der Waals surface area contributed by atoms with Crippen molar-refractivity contribution in [3.8, 4) is 0 Å². The molecule has 1 saturated heterocycles. The van der Waals surface area contributed by atoms with Crippen molar-refractivity contribution in [3.63, 3.8) is 0 Å². The molecule has 1 aromatic heterocycles. The van der Waals surface area contributed by atoms with Crippen LogP contribution in [0.1, 0.15) is 79.1 Å². The molecule has 1 amide bonds. The van der Waals surface area contributed by atoms with E-state index in [2.05, 4.69) is 19.9 Å². The Balaban J connectivity index is 1.38. The molecule has 1 saturated carbocycles. The van der Waals surface area contributed by atoms with Gasteiger partial charge in [0.25, 0.3) is 15.9 Å². The molecule has 0 radical (unpaired) electrons. The number of amidine groups is 1. The molecule has 8 nitrogen and oxygen atoms in total. The van der Waals surface area contributed by atoms with E-state index in [0.717, 1.165) is 43.7 Å². The van der Waals surface area contributed by atoms with Gasteiger partial charge in [0, 0.05) is 24.4 Å². The van der Waals surface area contributed by atoms with Crippen LogP contribution in [0.2, 0.25) is 0 Å². The van der Waals surface area contributed by atoms with Crippen LogP contribution in [0, 0.1) is 0 Å². The zero-order chi connectivity index (χ0) is 21.4. The monoisotopic (exact) mass is 459 g/mol. The number of nitrogens with one attached hydrogen (secondary N) is 1. The summed E-state index contributed by atoms with van der Waals surface area (Å²) in [4.78, 5) is 14.9. The zero-order valence-corrected chi connectivity index (χ0v) is 18.8. The number of anilines is 2. The van der Waals surface area contributed by atoms with Crippen molar-refractivity contribution in [2.24, 2.45) is 4.40 Å². The normalized spacial score (nSPS) is 20.9. The number of carbonyl (C=O) groups excluding carboxylic acids is 1. The molecular formula is C21H25N5O3S2. The van der Waals surface area contributed by atoms with Gasteiger partial charge in [-0.15, -0.1) is 14.6 Å². The lowest BCUT2D eigenvalue weighted by Crippen LogP contribution is -2.35. The van der Waals surface area contributed by atoms with E-state index in [1.165, 1.54) is 36.7 Å². The highest BCUT2D eigenvalue weighted by Gasteiger charge is 2.32. The van der Waals surface area contributed by atoms with Crippen molar-refractivity contribution in [1.29, 1.82) is 0 Å². The number of nitrogens with zero attached hydrogens (tertiary/aromatic N) is 4. The Morgan fingerprint density at radius 2 is 1.87 bits per heavy atom. The van der Waals surface area contributed by atoms with Gasteiger partial charge in [-0.2, -0.15) is 8.42 Å². The van der Waals surface area contributed by atoms with E-state index in [9.17, 15) is 13.2 Å². The summed E-state index contributed by atoms with van der Waals surface area (Å²) in [5.74, 6) is 0.632. The smallest absolute Gasteiger partial charge is 0.286 e. The predicted octanol–water partition coefficient (Wildman–Crippen LogP) is 4.32. The Hall–Kier alpha value is -2.33. The molecule has 164 valence electrons. The highest BCUT2D eigenvalue weighted by atomic mass is 32.2. The van der Waals surface area contributed by atoms with Crippen LogP contribution in [0.3, 0.4) is 0 Å². The SMILES string of the molecule is O=C(Nc1nnc(C2CCCCC2)s1)c1ccc2c(c1)S(=O)(=O)N=C1CCCCCN12. The second kappa shape index (κ2) is 8.31. The zero-order valence-electron chi connectivity index (χ0n) is 17.2. The largest absolute Gasteiger partial charge is 0.328 e. The fourth-order valence-electron chi connectivity index (χ4n) is 4.59. The van der Waals surface area contributed by atoms with Crippen LogP contribution < -0.4 is 10.2 Å². The van der Waals surface area contributed by atoms with Crippen LogP contribution in [0.4, 0.5) is 10.8 Å². The molecule has 3 heterocycles. The number of amides is 1. The Morgan fingerprint density at radius 1 is 1.06 bits per heavy atom. The maximum absolute atomic E-state index is 12.8. The summed E-state index contributed by atoms with van der Waals surface area (Å²) in [6.07, 6.45) is 9.54. The van der Waals surface area contributed by atoms with Gasteiger partial charge in [0.05, 0.1) is 5.69 Å². The average Bonchev–Trinajstić information content (AvgIpc) is 3.11. The standard InChI is InChI=1S/C21H25N5O3S2/c27-19(22-21-24-23-20(30-21)14-7-3-1-4-8-14)15-10-11-16-17(13-15)31(28,29)25-18-9-5-2-6-12-26(16)18/h10-11,13-14H,1-9,12H2,(H,22,24,27). The number of rotatable bonds is 3. The lowest BCUT2D eigenvalue weighted by Gasteiger charge is -2.29. The summed E-state index contributed by atoms with van der Waals surface area (Å²) in [5, 5.41) is 12.6. The van der Waals surface area contributed by atoms with Crippen molar-refractivity contribution >= 4 is 43.9 Å². The van der Waals surface area contributed by atoms with Gasteiger partial charge >= 0.3 is 0 Å². The molecule has 0 unspecified atom stereocenters. The Labute approximate surface area is 185 Å². The average molecular weight is 460 g/mol. The molecule has 31 heavy (non-hydrogen) atoms. The van der Waals surface area contributed by atoms with E-state index in [4.69, 9.17) is 0 Å². The predicted molar refractivity (Wildman–Crippen MR) is 121 cm³/mol. The first kappa shape index (κ1) is 20.6. The third-order valence-electron chi connectivity index (χ3n) is 6.23. The lowest BCUT2D eigenvalue weighted by atomic mass is 9.90.